The Labute approximate surface area is 175 Å². The van der Waals surface area contributed by atoms with Crippen molar-refractivity contribution in [2.75, 3.05) is 5.32 Å². The summed E-state index contributed by atoms with van der Waals surface area (Å²) in [6, 6.07) is 8.93. The summed E-state index contributed by atoms with van der Waals surface area (Å²) in [7, 11) is 0. The maximum atomic E-state index is 12.5. The normalized spacial score (nSPS) is 16.1. The molecule has 1 aromatic carbocycles. The van der Waals surface area contributed by atoms with Crippen molar-refractivity contribution in [3.63, 3.8) is 0 Å². The summed E-state index contributed by atoms with van der Waals surface area (Å²) in [6.07, 6.45) is 0.276. The number of aromatic nitrogens is 6. The molecule has 1 aliphatic heterocycles. The average molecular weight is 428 g/mol. The molecule has 0 aliphatic carbocycles. The molecule has 0 spiro atoms. The van der Waals surface area contributed by atoms with Gasteiger partial charge in [0.1, 0.15) is 5.82 Å². The second kappa shape index (κ2) is 6.53. The van der Waals surface area contributed by atoms with Crippen LogP contribution in [0.1, 0.15) is 35.0 Å². The molecule has 1 N–H and O–H groups in total. The third-order valence-electron chi connectivity index (χ3n) is 5.06. The first-order valence-corrected chi connectivity index (χ1v) is 9.71. The Morgan fingerprint density at radius 2 is 1.93 bits per heavy atom. The van der Waals surface area contributed by atoms with Crippen molar-refractivity contribution in [2.24, 2.45) is 0 Å². The van der Waals surface area contributed by atoms with Crippen molar-refractivity contribution < 1.29 is 4.79 Å². The fraction of sp³-hybridized carbons (Fsp3) is 0.211. The highest BCUT2D eigenvalue weighted by Crippen LogP contribution is 2.42. The number of carbonyl (C=O) groups excluding carboxylic acids is 1. The highest BCUT2D eigenvalue weighted by atomic mass is 35.5. The number of carbonyl (C=O) groups is 1. The second-order valence-electron chi connectivity index (χ2n) is 6.94. The summed E-state index contributed by atoms with van der Waals surface area (Å²) in [5, 5.41) is 21.3. The molecular formula is C19H15Cl2N7O. The van der Waals surface area contributed by atoms with Crippen molar-refractivity contribution in [3.8, 4) is 5.82 Å². The quantitative estimate of drug-likeness (QED) is 0.526. The van der Waals surface area contributed by atoms with Crippen LogP contribution in [0.15, 0.2) is 30.3 Å². The predicted molar refractivity (Wildman–Crippen MR) is 109 cm³/mol. The summed E-state index contributed by atoms with van der Waals surface area (Å²) < 4.78 is 3.27. The molecule has 4 aromatic rings. The number of nitrogens with one attached hydrogen (secondary N) is 1. The lowest BCUT2D eigenvalue weighted by molar-refractivity contribution is -0.116. The molecule has 10 heteroatoms. The third-order valence-corrected chi connectivity index (χ3v) is 5.62. The van der Waals surface area contributed by atoms with Gasteiger partial charge in [-0.3, -0.25) is 4.79 Å². The number of aryl methyl sites for hydroxylation is 2. The summed E-state index contributed by atoms with van der Waals surface area (Å²) in [5.74, 6) is 1.46. The molecule has 0 saturated heterocycles. The zero-order valence-corrected chi connectivity index (χ0v) is 17.0. The van der Waals surface area contributed by atoms with Crippen LogP contribution in [-0.2, 0) is 4.79 Å². The van der Waals surface area contributed by atoms with Crippen molar-refractivity contribution in [2.45, 2.75) is 26.2 Å². The van der Waals surface area contributed by atoms with E-state index in [2.05, 4.69) is 25.7 Å². The van der Waals surface area contributed by atoms with E-state index in [9.17, 15) is 4.79 Å². The molecule has 1 amide bonds. The van der Waals surface area contributed by atoms with Gasteiger partial charge in [-0.1, -0.05) is 29.3 Å². The van der Waals surface area contributed by atoms with E-state index in [0.29, 0.717) is 33.2 Å². The van der Waals surface area contributed by atoms with Crippen LogP contribution in [-0.4, -0.2) is 35.5 Å². The maximum absolute atomic E-state index is 12.5. The standard InChI is InChI=1S/C19H15Cl2N7O/c1-9-18-13(12-4-3-11(20)7-14(12)21)8-17(29)22-19(18)28(25-9)16-6-5-15-24-23-10(2)27(15)26-16/h3-7,13H,8H2,1-2H3,(H,22,29). The van der Waals surface area contributed by atoms with Gasteiger partial charge in [0.15, 0.2) is 17.3 Å². The Kier molecular flexibility index (Phi) is 4.07. The lowest BCUT2D eigenvalue weighted by Gasteiger charge is -2.25. The van der Waals surface area contributed by atoms with Gasteiger partial charge < -0.3 is 5.32 Å². The van der Waals surface area contributed by atoms with E-state index in [1.54, 1.807) is 27.4 Å². The Hall–Kier alpha value is -2.97. The van der Waals surface area contributed by atoms with Crippen LogP contribution in [0.3, 0.4) is 0 Å². The number of rotatable bonds is 2. The van der Waals surface area contributed by atoms with Crippen molar-refractivity contribution in [3.05, 3.63) is 63.0 Å². The summed E-state index contributed by atoms with van der Waals surface area (Å²) >= 11 is 12.5. The lowest BCUT2D eigenvalue weighted by Crippen LogP contribution is -2.25. The topological polar surface area (TPSA) is 90.0 Å². The number of benzene rings is 1. The lowest BCUT2D eigenvalue weighted by atomic mass is 9.86. The van der Waals surface area contributed by atoms with E-state index in [1.807, 2.05) is 26.0 Å². The Bertz CT molecular complexity index is 1290. The number of hydrogen-bond acceptors (Lipinski definition) is 5. The zero-order chi connectivity index (χ0) is 20.3. The van der Waals surface area contributed by atoms with Gasteiger partial charge in [0, 0.05) is 27.9 Å². The molecule has 1 atom stereocenters. The first kappa shape index (κ1) is 18.1. The van der Waals surface area contributed by atoms with Gasteiger partial charge in [0.05, 0.1) is 5.69 Å². The van der Waals surface area contributed by atoms with Crippen molar-refractivity contribution >= 4 is 40.6 Å². The fourth-order valence-corrected chi connectivity index (χ4v) is 4.30. The van der Waals surface area contributed by atoms with E-state index >= 15 is 0 Å². The van der Waals surface area contributed by atoms with E-state index < -0.39 is 0 Å². The van der Waals surface area contributed by atoms with Gasteiger partial charge in [-0.15, -0.1) is 15.3 Å². The molecule has 8 nitrogen and oxygen atoms in total. The molecule has 1 aliphatic rings. The minimum absolute atomic E-state index is 0.115. The van der Waals surface area contributed by atoms with Crippen molar-refractivity contribution in [1.82, 2.24) is 29.6 Å². The van der Waals surface area contributed by atoms with E-state index in [4.69, 9.17) is 23.2 Å². The van der Waals surface area contributed by atoms with Crippen LogP contribution in [0.4, 0.5) is 5.82 Å². The van der Waals surface area contributed by atoms with Crippen LogP contribution in [0.25, 0.3) is 11.5 Å². The summed E-state index contributed by atoms with van der Waals surface area (Å²) in [5.41, 5.74) is 3.18. The van der Waals surface area contributed by atoms with E-state index in [0.717, 1.165) is 16.8 Å². The molecule has 5 rings (SSSR count). The Morgan fingerprint density at radius 3 is 2.72 bits per heavy atom. The highest BCUT2D eigenvalue weighted by molar-refractivity contribution is 6.35. The highest BCUT2D eigenvalue weighted by Gasteiger charge is 2.34. The number of amides is 1. The molecule has 29 heavy (non-hydrogen) atoms. The van der Waals surface area contributed by atoms with Crippen LogP contribution in [0, 0.1) is 13.8 Å². The van der Waals surface area contributed by atoms with Gasteiger partial charge in [-0.25, -0.2) is 0 Å². The number of anilines is 1. The fourth-order valence-electron chi connectivity index (χ4n) is 3.76. The Morgan fingerprint density at radius 1 is 1.10 bits per heavy atom. The number of hydrogen-bond donors (Lipinski definition) is 1. The van der Waals surface area contributed by atoms with Crippen LogP contribution in [0.5, 0.6) is 0 Å². The van der Waals surface area contributed by atoms with E-state index in [1.165, 1.54) is 0 Å². The van der Waals surface area contributed by atoms with Gasteiger partial charge in [-0.05, 0) is 43.7 Å². The number of halogens is 2. The van der Waals surface area contributed by atoms with Gasteiger partial charge in [0.25, 0.3) is 0 Å². The van der Waals surface area contributed by atoms with Crippen LogP contribution < -0.4 is 5.32 Å². The molecule has 0 radical (unpaired) electrons. The van der Waals surface area contributed by atoms with Gasteiger partial charge in [0.2, 0.25) is 5.91 Å². The monoisotopic (exact) mass is 427 g/mol. The molecule has 3 aromatic heterocycles. The molecule has 0 saturated carbocycles. The SMILES string of the molecule is Cc1nn(-c2ccc3nnc(C)n3n2)c2c1C(c1ccc(Cl)cc1Cl)CC(=O)N2. The first-order valence-electron chi connectivity index (χ1n) is 8.96. The van der Waals surface area contributed by atoms with Crippen LogP contribution >= 0.6 is 23.2 Å². The average Bonchev–Trinajstić information content (AvgIpc) is 3.21. The number of fused-ring (bicyclic) bond motifs is 2. The summed E-state index contributed by atoms with van der Waals surface area (Å²) in [4.78, 5) is 12.5. The Balaban J connectivity index is 1.69. The molecule has 4 heterocycles. The summed E-state index contributed by atoms with van der Waals surface area (Å²) in [6.45, 7) is 3.73. The molecule has 1 unspecified atom stereocenters. The predicted octanol–water partition coefficient (Wildman–Crippen LogP) is 3.71. The molecule has 0 bridgehead atoms. The molecule has 0 fully saturated rings. The largest absolute Gasteiger partial charge is 0.310 e. The first-order chi connectivity index (χ1) is 13.9. The third kappa shape index (κ3) is 2.87. The minimum atomic E-state index is -0.224. The zero-order valence-electron chi connectivity index (χ0n) is 15.5. The molecular weight excluding hydrogens is 413 g/mol. The second-order valence-corrected chi connectivity index (χ2v) is 7.78. The van der Waals surface area contributed by atoms with Gasteiger partial charge >= 0.3 is 0 Å². The van der Waals surface area contributed by atoms with Crippen molar-refractivity contribution in [1.29, 1.82) is 0 Å². The van der Waals surface area contributed by atoms with Gasteiger partial charge in [-0.2, -0.15) is 14.3 Å². The minimum Gasteiger partial charge on any atom is -0.310 e. The smallest absolute Gasteiger partial charge is 0.226 e. The van der Waals surface area contributed by atoms with E-state index in [-0.39, 0.29) is 18.2 Å². The maximum Gasteiger partial charge on any atom is 0.226 e. The molecule has 146 valence electrons. The van der Waals surface area contributed by atoms with Crippen LogP contribution in [0.2, 0.25) is 10.0 Å². The number of nitrogens with zero attached hydrogens (tertiary/aromatic N) is 6.